The largest absolute Gasteiger partial charge is 0.334 e. The van der Waals surface area contributed by atoms with Crippen molar-refractivity contribution in [1.82, 2.24) is 15.5 Å². The molecule has 128 valence electrons. The molecule has 0 atom stereocenters. The Morgan fingerprint density at radius 3 is 2.80 bits per heavy atom. The highest BCUT2D eigenvalue weighted by atomic mass is 79.9. The van der Waals surface area contributed by atoms with E-state index in [9.17, 15) is 4.79 Å². The number of nitrogens with zero attached hydrogens (tertiary/aromatic N) is 2. The topological polar surface area (TPSA) is 80.0 Å². The van der Waals surface area contributed by atoms with Gasteiger partial charge in [0.1, 0.15) is 0 Å². The van der Waals surface area contributed by atoms with Gasteiger partial charge in [0, 0.05) is 15.7 Å². The van der Waals surface area contributed by atoms with Crippen LogP contribution in [0.1, 0.15) is 17.0 Å². The van der Waals surface area contributed by atoms with Crippen molar-refractivity contribution in [2.45, 2.75) is 20.4 Å². The predicted octanol–water partition coefficient (Wildman–Crippen LogP) is 4.44. The molecule has 0 unspecified atom stereocenters. The monoisotopic (exact) mass is 400 g/mol. The number of aryl methyl sites for hydroxylation is 2. The summed E-state index contributed by atoms with van der Waals surface area (Å²) in [7, 11) is 0. The lowest BCUT2D eigenvalue weighted by atomic mass is 10.1. The summed E-state index contributed by atoms with van der Waals surface area (Å²) < 4.78 is 6.16. The normalized spacial score (nSPS) is 10.5. The predicted molar refractivity (Wildman–Crippen MR) is 99.2 cm³/mol. The summed E-state index contributed by atoms with van der Waals surface area (Å²) in [6.07, 6.45) is 0. The number of rotatable bonds is 4. The number of aromatic nitrogens is 2. The lowest BCUT2D eigenvalue weighted by molar-refractivity contribution is 0.251. The molecule has 1 aromatic heterocycles. The Bertz CT molecular complexity index is 908. The van der Waals surface area contributed by atoms with Crippen LogP contribution in [0.5, 0.6) is 0 Å². The molecule has 7 heteroatoms. The molecule has 1 heterocycles. The number of carbonyl (C=O) groups is 1. The zero-order valence-electron chi connectivity index (χ0n) is 13.8. The average Bonchev–Trinajstić information content (AvgIpc) is 3.05. The third-order valence-electron chi connectivity index (χ3n) is 3.58. The first-order valence-corrected chi connectivity index (χ1v) is 8.51. The molecule has 2 aromatic carbocycles. The minimum absolute atomic E-state index is 0.175. The first-order valence-electron chi connectivity index (χ1n) is 7.72. The van der Waals surface area contributed by atoms with Gasteiger partial charge in [-0.1, -0.05) is 44.8 Å². The maximum Gasteiger partial charge on any atom is 0.319 e. The Morgan fingerprint density at radius 1 is 1.20 bits per heavy atom. The number of benzene rings is 2. The fourth-order valence-corrected chi connectivity index (χ4v) is 2.74. The van der Waals surface area contributed by atoms with Gasteiger partial charge in [0.15, 0.2) is 5.82 Å². The van der Waals surface area contributed by atoms with Gasteiger partial charge in [0.2, 0.25) is 0 Å². The molecule has 3 rings (SSSR count). The summed E-state index contributed by atoms with van der Waals surface area (Å²) in [4.78, 5) is 16.3. The zero-order valence-corrected chi connectivity index (χ0v) is 15.4. The summed E-state index contributed by atoms with van der Waals surface area (Å²) in [6.45, 7) is 4.14. The fraction of sp³-hybridized carbons (Fsp3) is 0.167. The lowest BCUT2D eigenvalue weighted by Crippen LogP contribution is -2.28. The Hall–Kier alpha value is -2.67. The van der Waals surface area contributed by atoms with Gasteiger partial charge in [-0.3, -0.25) is 0 Å². The van der Waals surface area contributed by atoms with Crippen LogP contribution in [0, 0.1) is 13.8 Å². The van der Waals surface area contributed by atoms with Crippen LogP contribution in [-0.2, 0) is 6.54 Å². The Labute approximate surface area is 153 Å². The summed E-state index contributed by atoms with van der Waals surface area (Å²) >= 11 is 3.40. The third kappa shape index (κ3) is 4.45. The first-order chi connectivity index (χ1) is 12.0. The fourth-order valence-electron chi connectivity index (χ4n) is 2.34. The molecule has 0 bridgehead atoms. The SMILES string of the molecule is Cc1ccc(NC(=O)NCc2noc(-c3cccc(Br)c3)n2)c(C)c1. The van der Waals surface area contributed by atoms with E-state index in [-0.39, 0.29) is 12.6 Å². The Balaban J connectivity index is 1.59. The summed E-state index contributed by atoms with van der Waals surface area (Å²) in [6, 6.07) is 13.1. The molecule has 3 aromatic rings. The Morgan fingerprint density at radius 2 is 2.04 bits per heavy atom. The maximum absolute atomic E-state index is 12.0. The van der Waals surface area contributed by atoms with E-state index in [2.05, 4.69) is 36.7 Å². The molecule has 0 aliphatic heterocycles. The number of anilines is 1. The molecule has 2 amide bonds. The van der Waals surface area contributed by atoms with Crippen LogP contribution >= 0.6 is 15.9 Å². The number of hydrogen-bond donors (Lipinski definition) is 2. The number of urea groups is 1. The molecule has 0 saturated heterocycles. The van der Waals surface area contributed by atoms with Crippen molar-refractivity contribution >= 4 is 27.6 Å². The number of carbonyl (C=O) groups excluding carboxylic acids is 1. The van der Waals surface area contributed by atoms with Gasteiger partial charge in [-0.15, -0.1) is 0 Å². The van der Waals surface area contributed by atoms with Crippen molar-refractivity contribution in [2.75, 3.05) is 5.32 Å². The zero-order chi connectivity index (χ0) is 17.8. The van der Waals surface area contributed by atoms with E-state index < -0.39 is 0 Å². The van der Waals surface area contributed by atoms with Crippen LogP contribution in [0.4, 0.5) is 10.5 Å². The van der Waals surface area contributed by atoms with Gasteiger partial charge in [0.25, 0.3) is 5.89 Å². The van der Waals surface area contributed by atoms with Crippen molar-refractivity contribution < 1.29 is 9.32 Å². The number of hydrogen-bond acceptors (Lipinski definition) is 4. The molecular weight excluding hydrogens is 384 g/mol. The molecule has 0 radical (unpaired) electrons. The Kier molecular flexibility index (Phi) is 5.14. The van der Waals surface area contributed by atoms with E-state index in [1.54, 1.807) is 0 Å². The molecule has 0 aliphatic rings. The summed E-state index contributed by atoms with van der Waals surface area (Å²) in [5.41, 5.74) is 3.74. The first kappa shape index (κ1) is 17.2. The van der Waals surface area contributed by atoms with E-state index in [1.165, 1.54) is 0 Å². The second-order valence-corrected chi connectivity index (χ2v) is 6.57. The molecule has 0 fully saturated rings. The summed E-state index contributed by atoms with van der Waals surface area (Å²) in [5, 5.41) is 9.42. The highest BCUT2D eigenvalue weighted by molar-refractivity contribution is 9.10. The van der Waals surface area contributed by atoms with Gasteiger partial charge in [-0.05, 0) is 43.7 Å². The van der Waals surface area contributed by atoms with Crippen LogP contribution in [0.3, 0.4) is 0 Å². The molecule has 25 heavy (non-hydrogen) atoms. The quantitative estimate of drug-likeness (QED) is 0.678. The molecular formula is C18H17BrN4O2. The smallest absolute Gasteiger partial charge is 0.319 e. The van der Waals surface area contributed by atoms with E-state index in [0.717, 1.165) is 26.9 Å². The standard InChI is InChI=1S/C18H17BrN4O2/c1-11-6-7-15(12(2)8-11)21-18(24)20-10-16-22-17(25-23-16)13-4-3-5-14(19)9-13/h3-9H,10H2,1-2H3,(H2,20,21,24). The molecule has 0 saturated carbocycles. The lowest BCUT2D eigenvalue weighted by Gasteiger charge is -2.09. The van der Waals surface area contributed by atoms with E-state index >= 15 is 0 Å². The van der Waals surface area contributed by atoms with Crippen molar-refractivity contribution in [3.8, 4) is 11.5 Å². The van der Waals surface area contributed by atoms with Crippen molar-refractivity contribution in [1.29, 1.82) is 0 Å². The molecule has 6 nitrogen and oxygen atoms in total. The molecule has 0 spiro atoms. The van der Waals surface area contributed by atoms with Gasteiger partial charge in [-0.2, -0.15) is 4.98 Å². The minimum atomic E-state index is -0.319. The van der Waals surface area contributed by atoms with Crippen molar-refractivity contribution in [3.05, 3.63) is 63.9 Å². The van der Waals surface area contributed by atoms with Gasteiger partial charge in [-0.25, -0.2) is 4.79 Å². The van der Waals surface area contributed by atoms with E-state index in [0.29, 0.717) is 11.7 Å². The van der Waals surface area contributed by atoms with Crippen molar-refractivity contribution in [2.24, 2.45) is 0 Å². The third-order valence-corrected chi connectivity index (χ3v) is 4.07. The van der Waals surface area contributed by atoms with Crippen LogP contribution in [-0.4, -0.2) is 16.2 Å². The highest BCUT2D eigenvalue weighted by Crippen LogP contribution is 2.21. The average molecular weight is 401 g/mol. The molecule has 0 aliphatic carbocycles. The van der Waals surface area contributed by atoms with Gasteiger partial charge >= 0.3 is 6.03 Å². The van der Waals surface area contributed by atoms with Crippen LogP contribution in [0.25, 0.3) is 11.5 Å². The van der Waals surface area contributed by atoms with Crippen molar-refractivity contribution in [3.63, 3.8) is 0 Å². The van der Waals surface area contributed by atoms with Gasteiger partial charge < -0.3 is 15.2 Å². The second kappa shape index (κ2) is 7.48. The highest BCUT2D eigenvalue weighted by Gasteiger charge is 2.11. The maximum atomic E-state index is 12.0. The minimum Gasteiger partial charge on any atom is -0.334 e. The van der Waals surface area contributed by atoms with E-state index in [1.807, 2.05) is 56.3 Å². The van der Waals surface area contributed by atoms with Gasteiger partial charge in [0.05, 0.1) is 6.54 Å². The number of amides is 2. The number of nitrogens with one attached hydrogen (secondary N) is 2. The van der Waals surface area contributed by atoms with Crippen LogP contribution < -0.4 is 10.6 Å². The van der Waals surface area contributed by atoms with Crippen LogP contribution in [0.15, 0.2) is 51.5 Å². The number of halogens is 1. The van der Waals surface area contributed by atoms with E-state index in [4.69, 9.17) is 4.52 Å². The van der Waals surface area contributed by atoms with Crippen LogP contribution in [0.2, 0.25) is 0 Å². The summed E-state index contributed by atoms with van der Waals surface area (Å²) in [5.74, 6) is 0.818. The molecule has 2 N–H and O–H groups in total. The second-order valence-electron chi connectivity index (χ2n) is 5.65.